The van der Waals surface area contributed by atoms with E-state index in [1.165, 1.54) is 19.0 Å². The van der Waals surface area contributed by atoms with Gasteiger partial charge in [0.15, 0.2) is 0 Å². The van der Waals surface area contributed by atoms with E-state index in [4.69, 9.17) is 9.47 Å². The van der Waals surface area contributed by atoms with Crippen LogP contribution in [0.2, 0.25) is 0 Å². The highest BCUT2D eigenvalue weighted by Crippen LogP contribution is 2.36. The van der Waals surface area contributed by atoms with Crippen LogP contribution < -0.4 is 14.8 Å². The van der Waals surface area contributed by atoms with Crippen LogP contribution in [0.5, 0.6) is 17.4 Å². The Kier molecular flexibility index (Phi) is 6.26. The van der Waals surface area contributed by atoms with Gasteiger partial charge in [0.1, 0.15) is 17.6 Å². The molecular formula is C27H29N3O3. The molecule has 0 aliphatic carbocycles. The number of hydrogen-bond donors (Lipinski definition) is 1. The molecule has 0 spiro atoms. The van der Waals surface area contributed by atoms with Crippen molar-refractivity contribution in [2.24, 2.45) is 0 Å². The number of carbonyl (C=O) groups excluding carboxylic acids is 1. The third-order valence-electron chi connectivity index (χ3n) is 6.67. The van der Waals surface area contributed by atoms with Crippen LogP contribution in [0.1, 0.15) is 41.6 Å². The normalized spacial score (nSPS) is 22.0. The van der Waals surface area contributed by atoms with Gasteiger partial charge in [-0.2, -0.15) is 0 Å². The molecule has 2 bridgehead atoms. The smallest absolute Gasteiger partial charge is 0.253 e. The third kappa shape index (κ3) is 5.17. The topological polar surface area (TPSA) is 63.7 Å². The molecule has 2 saturated heterocycles. The van der Waals surface area contributed by atoms with Crippen LogP contribution >= 0.6 is 0 Å². The summed E-state index contributed by atoms with van der Waals surface area (Å²) in [5.74, 6) is 1.86. The van der Waals surface area contributed by atoms with Crippen molar-refractivity contribution in [2.45, 2.75) is 50.4 Å². The standard InChI is InChI=1S/C27H29N3O3/c1-30-21-11-12-22(30)16-25(15-21)32-24-9-5-6-19(14-24)17-29-27(31)20-10-13-26(28-18-20)33-23-7-3-2-4-8-23/h2-10,13-14,18,21-22,25H,11-12,15-17H2,1H3,(H,29,31)/t21-,22+,25?. The minimum atomic E-state index is -0.174. The zero-order chi connectivity index (χ0) is 22.6. The van der Waals surface area contributed by atoms with Crippen molar-refractivity contribution in [1.29, 1.82) is 0 Å². The first-order valence-electron chi connectivity index (χ1n) is 11.6. The summed E-state index contributed by atoms with van der Waals surface area (Å²) in [4.78, 5) is 19.3. The molecule has 1 N–H and O–H groups in total. The van der Waals surface area contributed by atoms with E-state index in [1.54, 1.807) is 12.1 Å². The Morgan fingerprint density at radius 2 is 1.76 bits per heavy atom. The summed E-state index contributed by atoms with van der Waals surface area (Å²) in [6.07, 6.45) is 6.53. The lowest BCUT2D eigenvalue weighted by Crippen LogP contribution is -2.43. The Bertz CT molecular complexity index is 1070. The van der Waals surface area contributed by atoms with Crippen LogP contribution in [-0.2, 0) is 6.54 Å². The molecule has 170 valence electrons. The number of nitrogens with one attached hydrogen (secondary N) is 1. The van der Waals surface area contributed by atoms with Crippen LogP contribution in [0, 0.1) is 0 Å². The second kappa shape index (κ2) is 9.63. The predicted molar refractivity (Wildman–Crippen MR) is 127 cm³/mol. The second-order valence-electron chi connectivity index (χ2n) is 8.89. The lowest BCUT2D eigenvalue weighted by molar-refractivity contribution is 0.0661. The Labute approximate surface area is 194 Å². The van der Waals surface area contributed by atoms with E-state index < -0.39 is 0 Å². The van der Waals surface area contributed by atoms with Crippen molar-refractivity contribution in [1.82, 2.24) is 15.2 Å². The molecule has 6 nitrogen and oxygen atoms in total. The summed E-state index contributed by atoms with van der Waals surface area (Å²) < 4.78 is 12.0. The number of piperidine rings is 1. The quantitative estimate of drug-likeness (QED) is 0.568. The number of hydrogen-bond acceptors (Lipinski definition) is 5. The van der Waals surface area contributed by atoms with Gasteiger partial charge in [0, 0.05) is 30.9 Å². The number of carbonyl (C=O) groups is 1. The molecule has 0 saturated carbocycles. The zero-order valence-corrected chi connectivity index (χ0v) is 18.8. The number of ether oxygens (including phenoxy) is 2. The lowest BCUT2D eigenvalue weighted by Gasteiger charge is -2.36. The maximum absolute atomic E-state index is 12.6. The first kappa shape index (κ1) is 21.5. The SMILES string of the molecule is CN1[C@@H]2CC[C@H]1CC(Oc1cccc(CNC(=O)c3ccc(Oc4ccccc4)nc3)c1)C2. The largest absolute Gasteiger partial charge is 0.490 e. The van der Waals surface area contributed by atoms with E-state index in [9.17, 15) is 4.79 Å². The summed E-state index contributed by atoms with van der Waals surface area (Å²) >= 11 is 0. The van der Waals surface area contributed by atoms with E-state index >= 15 is 0 Å². The number of benzene rings is 2. The molecular weight excluding hydrogens is 414 g/mol. The number of aromatic nitrogens is 1. The summed E-state index contributed by atoms with van der Waals surface area (Å²) in [6.45, 7) is 0.428. The van der Waals surface area contributed by atoms with Gasteiger partial charge >= 0.3 is 0 Å². The highest BCUT2D eigenvalue weighted by atomic mass is 16.5. The highest BCUT2D eigenvalue weighted by Gasteiger charge is 2.39. The summed E-state index contributed by atoms with van der Waals surface area (Å²) in [5.41, 5.74) is 1.50. The summed E-state index contributed by atoms with van der Waals surface area (Å²) in [7, 11) is 2.24. The zero-order valence-electron chi connectivity index (χ0n) is 18.8. The van der Waals surface area contributed by atoms with Gasteiger partial charge in [0.25, 0.3) is 5.91 Å². The van der Waals surface area contributed by atoms with Gasteiger partial charge in [0.2, 0.25) is 5.88 Å². The minimum absolute atomic E-state index is 0.174. The van der Waals surface area contributed by atoms with Gasteiger partial charge in [-0.25, -0.2) is 4.98 Å². The fourth-order valence-electron chi connectivity index (χ4n) is 4.85. The van der Waals surface area contributed by atoms with Crippen LogP contribution in [-0.4, -0.2) is 41.0 Å². The molecule has 0 radical (unpaired) electrons. The lowest BCUT2D eigenvalue weighted by atomic mass is 10.0. The monoisotopic (exact) mass is 443 g/mol. The van der Waals surface area contributed by atoms with Gasteiger partial charge in [0.05, 0.1) is 5.56 Å². The Hall–Kier alpha value is -3.38. The molecule has 5 rings (SSSR count). The molecule has 2 aliphatic rings. The highest BCUT2D eigenvalue weighted by molar-refractivity contribution is 5.93. The molecule has 6 heteroatoms. The maximum atomic E-state index is 12.6. The molecule has 3 aromatic rings. The van der Waals surface area contributed by atoms with Crippen molar-refractivity contribution in [2.75, 3.05) is 7.05 Å². The van der Waals surface area contributed by atoms with Crippen molar-refractivity contribution in [3.05, 3.63) is 84.1 Å². The first-order valence-corrected chi connectivity index (χ1v) is 11.6. The van der Waals surface area contributed by atoms with Crippen molar-refractivity contribution < 1.29 is 14.3 Å². The number of pyridine rings is 1. The molecule has 3 heterocycles. The fourth-order valence-corrected chi connectivity index (χ4v) is 4.85. The summed E-state index contributed by atoms with van der Waals surface area (Å²) in [6, 6.07) is 22.2. The van der Waals surface area contributed by atoms with Crippen LogP contribution in [0.15, 0.2) is 72.9 Å². The van der Waals surface area contributed by atoms with E-state index in [1.807, 2.05) is 54.6 Å². The van der Waals surface area contributed by atoms with Crippen molar-refractivity contribution in [3.8, 4) is 17.4 Å². The maximum Gasteiger partial charge on any atom is 0.253 e. The van der Waals surface area contributed by atoms with Crippen LogP contribution in [0.3, 0.4) is 0 Å². The third-order valence-corrected chi connectivity index (χ3v) is 6.67. The van der Waals surface area contributed by atoms with Crippen molar-refractivity contribution in [3.63, 3.8) is 0 Å². The van der Waals surface area contributed by atoms with E-state index in [0.717, 1.165) is 24.2 Å². The molecule has 33 heavy (non-hydrogen) atoms. The molecule has 2 aromatic carbocycles. The Balaban J connectivity index is 1.14. The molecule has 1 aromatic heterocycles. The molecule has 1 unspecified atom stereocenters. The Morgan fingerprint density at radius 3 is 2.48 bits per heavy atom. The van der Waals surface area contributed by atoms with Gasteiger partial charge in [-0.05, 0) is 68.6 Å². The Morgan fingerprint density at radius 1 is 1.00 bits per heavy atom. The van der Waals surface area contributed by atoms with E-state index in [-0.39, 0.29) is 12.0 Å². The average Bonchev–Trinajstić information content (AvgIpc) is 3.04. The van der Waals surface area contributed by atoms with E-state index in [0.29, 0.717) is 35.8 Å². The number of fused-ring (bicyclic) bond motifs is 2. The fraction of sp³-hybridized carbons (Fsp3) is 0.333. The average molecular weight is 444 g/mol. The van der Waals surface area contributed by atoms with Gasteiger partial charge in [-0.1, -0.05) is 30.3 Å². The minimum Gasteiger partial charge on any atom is -0.490 e. The molecule has 1 amide bonds. The predicted octanol–water partition coefficient (Wildman–Crippen LogP) is 4.81. The van der Waals surface area contributed by atoms with Gasteiger partial charge in [-0.3, -0.25) is 4.79 Å². The molecule has 2 fully saturated rings. The summed E-state index contributed by atoms with van der Waals surface area (Å²) in [5, 5.41) is 2.96. The number of nitrogens with zero attached hydrogens (tertiary/aromatic N) is 2. The second-order valence-corrected chi connectivity index (χ2v) is 8.89. The van der Waals surface area contributed by atoms with Gasteiger partial charge < -0.3 is 19.7 Å². The van der Waals surface area contributed by atoms with Crippen LogP contribution in [0.25, 0.3) is 0 Å². The number of rotatable bonds is 7. The number of amides is 1. The van der Waals surface area contributed by atoms with Crippen LogP contribution in [0.4, 0.5) is 0 Å². The molecule has 3 atom stereocenters. The number of para-hydroxylation sites is 1. The van der Waals surface area contributed by atoms with Crippen molar-refractivity contribution >= 4 is 5.91 Å². The van der Waals surface area contributed by atoms with E-state index in [2.05, 4.69) is 22.2 Å². The first-order chi connectivity index (χ1) is 16.1. The molecule has 2 aliphatic heterocycles. The van der Waals surface area contributed by atoms with Gasteiger partial charge in [-0.15, -0.1) is 0 Å².